The van der Waals surface area contributed by atoms with Crippen molar-refractivity contribution >= 4 is 34.4 Å². The SMILES string of the molecule is Cc1cc2oc(=O)cc(CN3C(=O)CC4(CCCCC4)C3=O)c2cc1Cl. The number of amides is 2. The van der Waals surface area contributed by atoms with Gasteiger partial charge in [0.15, 0.2) is 0 Å². The van der Waals surface area contributed by atoms with Crippen LogP contribution in [0.25, 0.3) is 11.0 Å². The molecule has 2 aliphatic rings. The predicted octanol–water partition coefficient (Wildman–Crippen LogP) is 3.96. The lowest BCUT2D eigenvalue weighted by Gasteiger charge is -2.30. The molecule has 1 aliphatic carbocycles. The first kappa shape index (κ1) is 17.3. The Hall–Kier alpha value is -2.14. The fourth-order valence-electron chi connectivity index (χ4n) is 4.29. The Morgan fingerprint density at radius 1 is 1.12 bits per heavy atom. The van der Waals surface area contributed by atoms with Crippen molar-refractivity contribution in [2.75, 3.05) is 0 Å². The van der Waals surface area contributed by atoms with E-state index < -0.39 is 11.0 Å². The number of hydrogen-bond donors (Lipinski definition) is 0. The van der Waals surface area contributed by atoms with E-state index in [9.17, 15) is 14.4 Å². The summed E-state index contributed by atoms with van der Waals surface area (Å²) in [5.74, 6) is -0.252. The molecule has 2 aromatic rings. The first-order chi connectivity index (χ1) is 12.4. The maximum absolute atomic E-state index is 13.0. The van der Waals surface area contributed by atoms with Crippen LogP contribution in [0.3, 0.4) is 0 Å². The fourth-order valence-corrected chi connectivity index (χ4v) is 4.45. The summed E-state index contributed by atoms with van der Waals surface area (Å²) >= 11 is 6.22. The van der Waals surface area contributed by atoms with Crippen LogP contribution in [0.15, 0.2) is 27.4 Å². The van der Waals surface area contributed by atoms with Gasteiger partial charge in [0.05, 0.1) is 12.0 Å². The summed E-state index contributed by atoms with van der Waals surface area (Å²) in [5.41, 5.74) is 0.780. The van der Waals surface area contributed by atoms with Crippen LogP contribution in [0.5, 0.6) is 0 Å². The van der Waals surface area contributed by atoms with E-state index in [-0.39, 0.29) is 24.8 Å². The largest absolute Gasteiger partial charge is 0.423 e. The standard InChI is InChI=1S/C20H20ClNO4/c1-12-7-16-14(9-15(12)21)13(8-18(24)26-16)11-22-17(23)10-20(19(22)25)5-3-2-4-6-20/h7-9H,2-6,10-11H2,1H3. The van der Waals surface area contributed by atoms with Gasteiger partial charge in [0.2, 0.25) is 11.8 Å². The molecule has 1 saturated carbocycles. The van der Waals surface area contributed by atoms with E-state index in [1.54, 1.807) is 12.1 Å². The molecule has 2 heterocycles. The van der Waals surface area contributed by atoms with E-state index in [0.29, 0.717) is 21.6 Å². The topological polar surface area (TPSA) is 67.6 Å². The lowest BCUT2D eigenvalue weighted by atomic mass is 9.73. The molecule has 136 valence electrons. The minimum Gasteiger partial charge on any atom is -0.423 e. The number of carbonyl (C=O) groups is 2. The van der Waals surface area contributed by atoms with Crippen LogP contribution in [-0.2, 0) is 16.1 Å². The van der Waals surface area contributed by atoms with E-state index in [1.165, 1.54) is 11.0 Å². The molecular weight excluding hydrogens is 354 g/mol. The zero-order valence-corrected chi connectivity index (χ0v) is 15.4. The van der Waals surface area contributed by atoms with E-state index in [0.717, 1.165) is 37.7 Å². The smallest absolute Gasteiger partial charge is 0.336 e. The second kappa shape index (κ2) is 6.23. The average molecular weight is 374 g/mol. The highest BCUT2D eigenvalue weighted by molar-refractivity contribution is 6.32. The zero-order valence-electron chi connectivity index (χ0n) is 14.6. The third-order valence-electron chi connectivity index (χ3n) is 5.74. The van der Waals surface area contributed by atoms with Crippen LogP contribution in [0.2, 0.25) is 5.02 Å². The molecule has 0 atom stereocenters. The number of rotatable bonds is 2. The van der Waals surface area contributed by atoms with Crippen LogP contribution in [0, 0.1) is 12.3 Å². The van der Waals surface area contributed by atoms with Gasteiger partial charge in [-0.25, -0.2) is 4.79 Å². The van der Waals surface area contributed by atoms with Crippen LogP contribution < -0.4 is 5.63 Å². The van der Waals surface area contributed by atoms with Crippen molar-refractivity contribution < 1.29 is 14.0 Å². The molecule has 1 spiro atoms. The zero-order chi connectivity index (χ0) is 18.5. The number of imide groups is 1. The first-order valence-electron chi connectivity index (χ1n) is 8.97. The third kappa shape index (κ3) is 2.75. The number of halogens is 1. The van der Waals surface area contributed by atoms with E-state index >= 15 is 0 Å². The van der Waals surface area contributed by atoms with Crippen molar-refractivity contribution in [3.8, 4) is 0 Å². The Morgan fingerprint density at radius 3 is 2.58 bits per heavy atom. The normalized spacial score (nSPS) is 19.7. The maximum Gasteiger partial charge on any atom is 0.336 e. The van der Waals surface area contributed by atoms with Gasteiger partial charge in [0, 0.05) is 22.9 Å². The maximum atomic E-state index is 13.0. The molecule has 1 aromatic heterocycles. The van der Waals surface area contributed by atoms with Gasteiger partial charge in [-0.3, -0.25) is 14.5 Å². The molecule has 0 unspecified atom stereocenters. The molecule has 0 bridgehead atoms. The van der Waals surface area contributed by atoms with Crippen molar-refractivity contribution in [1.29, 1.82) is 0 Å². The summed E-state index contributed by atoms with van der Waals surface area (Å²) in [5, 5.41) is 1.21. The molecule has 26 heavy (non-hydrogen) atoms. The van der Waals surface area contributed by atoms with Crippen LogP contribution >= 0.6 is 11.6 Å². The van der Waals surface area contributed by atoms with Crippen LogP contribution in [0.1, 0.15) is 49.7 Å². The van der Waals surface area contributed by atoms with Crippen LogP contribution in [0.4, 0.5) is 0 Å². The number of carbonyl (C=O) groups excluding carboxylic acids is 2. The summed E-state index contributed by atoms with van der Waals surface area (Å²) < 4.78 is 5.26. The molecule has 0 N–H and O–H groups in total. The summed E-state index contributed by atoms with van der Waals surface area (Å²) in [4.78, 5) is 38.9. The van der Waals surface area contributed by atoms with Crippen molar-refractivity contribution in [3.05, 3.63) is 44.8 Å². The number of benzene rings is 1. The molecule has 5 nitrogen and oxygen atoms in total. The van der Waals surface area contributed by atoms with Crippen molar-refractivity contribution in [1.82, 2.24) is 4.90 Å². The fraction of sp³-hybridized carbons (Fsp3) is 0.450. The number of likely N-dealkylation sites (tertiary alicyclic amines) is 1. The Balaban J connectivity index is 1.73. The molecule has 1 aliphatic heterocycles. The molecule has 0 radical (unpaired) electrons. The summed E-state index contributed by atoms with van der Waals surface area (Å²) in [6, 6.07) is 4.78. The Kier molecular flexibility index (Phi) is 4.14. The summed E-state index contributed by atoms with van der Waals surface area (Å²) in [7, 11) is 0. The van der Waals surface area contributed by atoms with Gasteiger partial charge in [-0.1, -0.05) is 30.9 Å². The molecule has 4 rings (SSSR count). The predicted molar refractivity (Wildman–Crippen MR) is 97.9 cm³/mol. The molecule has 6 heteroatoms. The number of aryl methyl sites for hydroxylation is 1. The Bertz CT molecular complexity index is 972. The summed E-state index contributed by atoms with van der Waals surface area (Å²) in [6.45, 7) is 1.91. The van der Waals surface area contributed by atoms with E-state index in [4.69, 9.17) is 16.0 Å². The molecule has 1 saturated heterocycles. The van der Waals surface area contributed by atoms with Crippen molar-refractivity contribution in [2.45, 2.75) is 52.0 Å². The second-order valence-electron chi connectivity index (χ2n) is 7.49. The van der Waals surface area contributed by atoms with Gasteiger partial charge in [0.25, 0.3) is 0 Å². The molecule has 2 amide bonds. The lowest BCUT2D eigenvalue weighted by molar-refractivity contribution is -0.142. The van der Waals surface area contributed by atoms with E-state index in [1.807, 2.05) is 6.92 Å². The van der Waals surface area contributed by atoms with Gasteiger partial charge in [-0.15, -0.1) is 0 Å². The number of hydrogen-bond acceptors (Lipinski definition) is 4. The van der Waals surface area contributed by atoms with Crippen LogP contribution in [-0.4, -0.2) is 16.7 Å². The van der Waals surface area contributed by atoms with E-state index in [2.05, 4.69) is 0 Å². The third-order valence-corrected chi connectivity index (χ3v) is 6.15. The second-order valence-corrected chi connectivity index (χ2v) is 7.90. The summed E-state index contributed by atoms with van der Waals surface area (Å²) in [6.07, 6.45) is 4.92. The minimum absolute atomic E-state index is 0.0842. The van der Waals surface area contributed by atoms with Gasteiger partial charge in [0.1, 0.15) is 5.58 Å². The van der Waals surface area contributed by atoms with Gasteiger partial charge in [-0.2, -0.15) is 0 Å². The van der Waals surface area contributed by atoms with Gasteiger partial charge in [-0.05, 0) is 43.0 Å². The van der Waals surface area contributed by atoms with Crippen molar-refractivity contribution in [3.63, 3.8) is 0 Å². The highest BCUT2D eigenvalue weighted by atomic mass is 35.5. The Morgan fingerprint density at radius 2 is 1.85 bits per heavy atom. The number of nitrogens with zero attached hydrogens (tertiary/aromatic N) is 1. The lowest BCUT2D eigenvalue weighted by Crippen LogP contribution is -2.36. The molecular formula is C20H20ClNO4. The highest BCUT2D eigenvalue weighted by Crippen LogP contribution is 2.45. The Labute approximate surface area is 155 Å². The molecule has 2 fully saturated rings. The van der Waals surface area contributed by atoms with Crippen molar-refractivity contribution in [2.24, 2.45) is 5.41 Å². The average Bonchev–Trinajstić information content (AvgIpc) is 2.81. The minimum atomic E-state index is -0.529. The first-order valence-corrected chi connectivity index (χ1v) is 9.35. The monoisotopic (exact) mass is 373 g/mol. The molecule has 1 aromatic carbocycles. The highest BCUT2D eigenvalue weighted by Gasteiger charge is 2.51. The van der Waals surface area contributed by atoms with Gasteiger partial charge >= 0.3 is 5.63 Å². The quantitative estimate of drug-likeness (QED) is 0.590. The number of fused-ring (bicyclic) bond motifs is 1. The van der Waals surface area contributed by atoms with Gasteiger partial charge < -0.3 is 4.42 Å².